The van der Waals surface area contributed by atoms with Gasteiger partial charge in [-0.2, -0.15) is 0 Å². The van der Waals surface area contributed by atoms with Gasteiger partial charge in [0.2, 0.25) is 0 Å². The van der Waals surface area contributed by atoms with Crippen LogP contribution < -0.4 is 5.11 Å². The summed E-state index contributed by atoms with van der Waals surface area (Å²) in [5.74, 6) is -1.79. The van der Waals surface area contributed by atoms with Gasteiger partial charge in [0.1, 0.15) is 12.6 Å². The largest absolute Gasteiger partial charge is 0.544 e. The Kier molecular flexibility index (Phi) is 30.5. The van der Waals surface area contributed by atoms with E-state index in [4.69, 9.17) is 14.2 Å². The molecule has 0 radical (unpaired) electrons. The van der Waals surface area contributed by atoms with E-state index in [0.29, 0.717) is 19.3 Å². The van der Waals surface area contributed by atoms with Crippen molar-refractivity contribution in [2.75, 3.05) is 41.0 Å². The Hall–Kier alpha value is -1.67. The summed E-state index contributed by atoms with van der Waals surface area (Å²) in [6, 6.07) is -0.715. The molecule has 0 aliphatic rings. The molecule has 0 saturated carbocycles. The Balaban J connectivity index is 3.86. The zero-order chi connectivity index (χ0) is 35.0. The third-order valence-corrected chi connectivity index (χ3v) is 8.96. The van der Waals surface area contributed by atoms with Gasteiger partial charge in [0, 0.05) is 19.3 Å². The van der Waals surface area contributed by atoms with E-state index in [1.807, 2.05) is 6.92 Å². The van der Waals surface area contributed by atoms with Crippen LogP contribution in [0.2, 0.25) is 0 Å². The van der Waals surface area contributed by atoms with Crippen LogP contribution in [0.1, 0.15) is 181 Å². The molecule has 0 aromatic carbocycles. The zero-order valence-electron chi connectivity index (χ0n) is 31.5. The molecule has 0 saturated heterocycles. The van der Waals surface area contributed by atoms with Crippen LogP contribution in [0.5, 0.6) is 0 Å². The van der Waals surface area contributed by atoms with Gasteiger partial charge in [-0.15, -0.1) is 0 Å². The van der Waals surface area contributed by atoms with Crippen LogP contribution >= 0.6 is 0 Å². The van der Waals surface area contributed by atoms with Gasteiger partial charge in [0.25, 0.3) is 0 Å². The Labute approximate surface area is 289 Å². The summed E-state index contributed by atoms with van der Waals surface area (Å²) in [6.45, 7) is 4.32. The average Bonchev–Trinajstić information content (AvgIpc) is 3.01. The second kappa shape index (κ2) is 31.6. The van der Waals surface area contributed by atoms with Gasteiger partial charge in [-0.3, -0.25) is 9.59 Å². The molecule has 2 unspecified atom stereocenters. The fourth-order valence-electron chi connectivity index (χ4n) is 5.93. The van der Waals surface area contributed by atoms with Crippen LogP contribution in [0.4, 0.5) is 0 Å². The zero-order valence-corrected chi connectivity index (χ0v) is 31.5. The molecule has 0 N–H and O–H groups in total. The number of nitrogens with zero attached hydrogens (tertiary/aromatic N) is 1. The number of likely N-dealkylation sites (N-methyl/N-ethyl adjacent to an activating group) is 1. The topological polar surface area (TPSA) is 102 Å². The first-order valence-electron chi connectivity index (χ1n) is 19.6. The number of hydrogen-bond acceptors (Lipinski definition) is 7. The molecule has 0 aliphatic heterocycles. The Bertz CT molecular complexity index is 752. The van der Waals surface area contributed by atoms with Gasteiger partial charge in [0.15, 0.2) is 6.10 Å². The number of hydrogen-bond donors (Lipinski definition) is 0. The summed E-state index contributed by atoms with van der Waals surface area (Å²) >= 11 is 0. The first kappa shape index (κ1) is 45.3. The van der Waals surface area contributed by atoms with Gasteiger partial charge >= 0.3 is 11.9 Å². The molecule has 8 heteroatoms. The van der Waals surface area contributed by atoms with Crippen LogP contribution in [0, 0.1) is 0 Å². The lowest BCUT2D eigenvalue weighted by molar-refractivity contribution is -0.889. The molecule has 0 aliphatic carbocycles. The first-order valence-corrected chi connectivity index (χ1v) is 19.6. The van der Waals surface area contributed by atoms with Crippen molar-refractivity contribution in [3.8, 4) is 0 Å². The summed E-state index contributed by atoms with van der Waals surface area (Å²) in [6.07, 6.45) is 30.0. The summed E-state index contributed by atoms with van der Waals surface area (Å²) in [5, 5.41) is 11.5. The minimum atomic E-state index is -1.13. The van der Waals surface area contributed by atoms with Crippen LogP contribution in [-0.2, 0) is 28.6 Å². The predicted octanol–water partition coefficient (Wildman–Crippen LogP) is 8.47. The molecule has 0 spiro atoms. The molecular formula is C39H75NO7. The number of ether oxygens (including phenoxy) is 3. The molecule has 0 aromatic heterocycles. The van der Waals surface area contributed by atoms with Gasteiger partial charge in [-0.1, -0.05) is 149 Å². The Morgan fingerprint density at radius 2 is 0.979 bits per heavy atom. The minimum absolute atomic E-state index is 0.0431. The maximum Gasteiger partial charge on any atom is 0.306 e. The molecule has 0 bridgehead atoms. The van der Waals surface area contributed by atoms with Gasteiger partial charge in [-0.25, -0.2) is 0 Å². The van der Waals surface area contributed by atoms with E-state index in [1.165, 1.54) is 122 Å². The molecule has 0 heterocycles. The number of quaternary nitrogens is 1. The molecular weight excluding hydrogens is 594 g/mol. The average molecular weight is 670 g/mol. The molecule has 47 heavy (non-hydrogen) atoms. The number of carbonyl (C=O) groups excluding carboxylic acids is 3. The number of carboxylic acid groups (broad SMARTS) is 1. The maximum atomic E-state index is 12.5. The molecule has 0 aromatic rings. The van der Waals surface area contributed by atoms with Crippen LogP contribution in [0.15, 0.2) is 0 Å². The highest BCUT2D eigenvalue weighted by Gasteiger charge is 2.25. The molecule has 0 fully saturated rings. The van der Waals surface area contributed by atoms with E-state index < -0.39 is 18.1 Å². The van der Waals surface area contributed by atoms with Crippen LogP contribution in [0.25, 0.3) is 0 Å². The lowest BCUT2D eigenvalue weighted by atomic mass is 10.0. The van der Waals surface area contributed by atoms with Crippen molar-refractivity contribution in [2.45, 2.75) is 193 Å². The summed E-state index contributed by atoms with van der Waals surface area (Å²) in [4.78, 5) is 35.8. The van der Waals surface area contributed by atoms with Crippen molar-refractivity contribution in [1.82, 2.24) is 0 Å². The predicted molar refractivity (Wildman–Crippen MR) is 190 cm³/mol. The highest BCUT2D eigenvalue weighted by molar-refractivity contribution is 5.70. The van der Waals surface area contributed by atoms with Crippen LogP contribution in [0.3, 0.4) is 0 Å². The van der Waals surface area contributed by atoms with Gasteiger partial charge in [-0.05, 0) is 12.8 Å². The van der Waals surface area contributed by atoms with Crippen molar-refractivity contribution < 1.29 is 38.2 Å². The molecule has 0 amide bonds. The lowest BCUT2D eigenvalue weighted by Crippen LogP contribution is -2.55. The standard InChI is InChI=1S/C39H75NO7/c1-6-8-9-10-11-12-13-14-15-16-17-18-19-20-21-22-23-24-25-26-27-28-30-38(42)47-35(34-46-37(41)29-7-2)33-45-32-31-36(39(43)44)40(3,4)5/h35-36H,6-34H2,1-5H3. The Morgan fingerprint density at radius 3 is 1.36 bits per heavy atom. The monoisotopic (exact) mass is 670 g/mol. The van der Waals surface area contributed by atoms with E-state index >= 15 is 0 Å². The number of esters is 2. The quantitative estimate of drug-likeness (QED) is 0.0379. The fourth-order valence-corrected chi connectivity index (χ4v) is 5.93. The van der Waals surface area contributed by atoms with E-state index in [2.05, 4.69) is 6.92 Å². The number of carbonyl (C=O) groups is 3. The third-order valence-electron chi connectivity index (χ3n) is 8.96. The summed E-state index contributed by atoms with van der Waals surface area (Å²) < 4.78 is 16.7. The van der Waals surface area contributed by atoms with E-state index in [-0.39, 0.29) is 42.7 Å². The van der Waals surface area contributed by atoms with Crippen molar-refractivity contribution in [3.05, 3.63) is 0 Å². The van der Waals surface area contributed by atoms with Crippen molar-refractivity contribution in [1.29, 1.82) is 0 Å². The highest BCUT2D eigenvalue weighted by Crippen LogP contribution is 2.16. The normalized spacial score (nSPS) is 13.0. The second-order valence-electron chi connectivity index (χ2n) is 14.5. The summed E-state index contributed by atoms with van der Waals surface area (Å²) in [5.41, 5.74) is 0. The summed E-state index contributed by atoms with van der Waals surface area (Å²) in [7, 11) is 5.38. The fraction of sp³-hybridized carbons (Fsp3) is 0.923. The highest BCUT2D eigenvalue weighted by atomic mass is 16.6. The van der Waals surface area contributed by atoms with Crippen molar-refractivity contribution in [2.24, 2.45) is 0 Å². The van der Waals surface area contributed by atoms with Gasteiger partial charge < -0.3 is 28.6 Å². The van der Waals surface area contributed by atoms with E-state index in [9.17, 15) is 19.5 Å². The SMILES string of the molecule is CCCCCCCCCCCCCCCCCCCCCCCCC(=O)OC(COCCC(C(=O)[O-])[N+](C)(C)C)COC(=O)CCC. The van der Waals surface area contributed by atoms with Crippen molar-refractivity contribution >= 4 is 17.9 Å². The minimum Gasteiger partial charge on any atom is -0.544 e. The first-order chi connectivity index (χ1) is 22.6. The van der Waals surface area contributed by atoms with E-state index in [1.54, 1.807) is 21.1 Å². The van der Waals surface area contributed by atoms with E-state index in [0.717, 1.165) is 19.3 Å². The molecule has 8 nitrogen and oxygen atoms in total. The molecule has 0 rings (SSSR count). The van der Waals surface area contributed by atoms with Gasteiger partial charge in [0.05, 0.1) is 40.3 Å². The molecule has 2 atom stereocenters. The Morgan fingerprint density at radius 1 is 0.553 bits per heavy atom. The smallest absolute Gasteiger partial charge is 0.306 e. The number of unbranched alkanes of at least 4 members (excludes halogenated alkanes) is 21. The third kappa shape index (κ3) is 30.1. The number of carboxylic acids is 1. The lowest BCUT2D eigenvalue weighted by Gasteiger charge is -2.34. The molecule has 278 valence electrons. The number of aliphatic carboxylic acids is 1. The second-order valence-corrected chi connectivity index (χ2v) is 14.5. The maximum absolute atomic E-state index is 12.5. The van der Waals surface area contributed by atoms with Crippen molar-refractivity contribution in [3.63, 3.8) is 0 Å². The van der Waals surface area contributed by atoms with Crippen LogP contribution in [-0.4, -0.2) is 75.5 Å². The number of rotatable bonds is 35.